The van der Waals surface area contributed by atoms with Crippen LogP contribution in [-0.2, 0) is 12.8 Å². The summed E-state index contributed by atoms with van der Waals surface area (Å²) in [6.45, 7) is 1.91. The van der Waals surface area contributed by atoms with Gasteiger partial charge in [-0.25, -0.2) is 0 Å². The van der Waals surface area contributed by atoms with E-state index in [2.05, 4.69) is 24.1 Å². The summed E-state index contributed by atoms with van der Waals surface area (Å²) in [5, 5.41) is 0.898. The monoisotopic (exact) mass is 264 g/mol. The Morgan fingerprint density at radius 3 is 2.94 bits per heavy atom. The number of halogens is 1. The summed E-state index contributed by atoms with van der Waals surface area (Å²) in [4.78, 5) is 2.45. The SMILES string of the molecule is CN1CC(CN)CC1c1cc(Cl)cc2c1CCC2. The Hall–Kier alpha value is -0.570. The third-order valence-electron chi connectivity index (χ3n) is 4.54. The number of likely N-dealkylation sites (tertiary alicyclic amines) is 1. The van der Waals surface area contributed by atoms with Crippen molar-refractivity contribution in [2.75, 3.05) is 20.1 Å². The van der Waals surface area contributed by atoms with Crippen LogP contribution in [0.25, 0.3) is 0 Å². The van der Waals surface area contributed by atoms with Gasteiger partial charge in [-0.2, -0.15) is 0 Å². The lowest BCUT2D eigenvalue weighted by Crippen LogP contribution is -2.21. The zero-order valence-corrected chi connectivity index (χ0v) is 11.7. The van der Waals surface area contributed by atoms with Crippen LogP contribution in [0.2, 0.25) is 5.02 Å². The van der Waals surface area contributed by atoms with Crippen LogP contribution in [0.4, 0.5) is 0 Å². The lowest BCUT2D eigenvalue weighted by molar-refractivity contribution is 0.312. The molecule has 0 spiro atoms. The number of benzene rings is 1. The third kappa shape index (κ3) is 2.07. The topological polar surface area (TPSA) is 29.3 Å². The van der Waals surface area contributed by atoms with E-state index in [0.29, 0.717) is 12.0 Å². The van der Waals surface area contributed by atoms with Gasteiger partial charge >= 0.3 is 0 Å². The highest BCUT2D eigenvalue weighted by Gasteiger charge is 2.32. The van der Waals surface area contributed by atoms with Crippen molar-refractivity contribution in [3.05, 3.63) is 33.8 Å². The van der Waals surface area contributed by atoms with Gasteiger partial charge in [0.1, 0.15) is 0 Å². The minimum absolute atomic E-state index is 0.518. The summed E-state index contributed by atoms with van der Waals surface area (Å²) in [5.74, 6) is 0.635. The molecule has 2 aliphatic rings. The van der Waals surface area contributed by atoms with Crippen LogP contribution in [0.1, 0.15) is 35.6 Å². The van der Waals surface area contributed by atoms with E-state index in [4.69, 9.17) is 17.3 Å². The molecule has 2 nitrogen and oxygen atoms in total. The smallest absolute Gasteiger partial charge is 0.0412 e. The first-order chi connectivity index (χ1) is 8.69. The molecule has 1 aromatic rings. The minimum atomic E-state index is 0.518. The fraction of sp³-hybridized carbons (Fsp3) is 0.600. The molecule has 1 heterocycles. The van der Waals surface area contributed by atoms with Crippen LogP contribution < -0.4 is 5.73 Å². The van der Waals surface area contributed by atoms with Gasteiger partial charge in [0.2, 0.25) is 0 Å². The molecule has 1 saturated heterocycles. The lowest BCUT2D eigenvalue weighted by Gasteiger charge is -2.23. The van der Waals surface area contributed by atoms with Crippen LogP contribution in [0.15, 0.2) is 12.1 Å². The first-order valence-corrected chi connectivity index (χ1v) is 7.28. The molecule has 2 atom stereocenters. The van der Waals surface area contributed by atoms with Gasteiger partial charge in [-0.05, 0) is 74.0 Å². The fourth-order valence-electron chi connectivity index (χ4n) is 3.64. The van der Waals surface area contributed by atoms with E-state index in [1.165, 1.54) is 36.8 Å². The summed E-state index contributed by atoms with van der Waals surface area (Å²) in [6, 6.07) is 4.86. The van der Waals surface area contributed by atoms with E-state index in [1.54, 1.807) is 5.56 Å². The quantitative estimate of drug-likeness (QED) is 0.890. The van der Waals surface area contributed by atoms with Gasteiger partial charge < -0.3 is 5.73 Å². The van der Waals surface area contributed by atoms with E-state index in [-0.39, 0.29) is 0 Å². The Morgan fingerprint density at radius 1 is 1.39 bits per heavy atom. The summed E-state index contributed by atoms with van der Waals surface area (Å²) in [7, 11) is 2.21. The van der Waals surface area contributed by atoms with E-state index in [0.717, 1.165) is 18.1 Å². The van der Waals surface area contributed by atoms with Crippen molar-refractivity contribution in [1.82, 2.24) is 4.90 Å². The average Bonchev–Trinajstić information content (AvgIpc) is 2.94. The molecule has 1 aliphatic carbocycles. The maximum atomic E-state index is 6.28. The Morgan fingerprint density at radius 2 is 2.22 bits per heavy atom. The Balaban J connectivity index is 1.97. The van der Waals surface area contributed by atoms with Gasteiger partial charge in [0.25, 0.3) is 0 Å². The second-order valence-electron chi connectivity index (χ2n) is 5.78. The predicted molar refractivity (Wildman–Crippen MR) is 76.0 cm³/mol. The first-order valence-electron chi connectivity index (χ1n) is 6.90. The molecular formula is C15H21ClN2. The molecule has 0 amide bonds. The number of rotatable bonds is 2. The number of hydrogen-bond acceptors (Lipinski definition) is 2. The normalized spacial score (nSPS) is 27.7. The number of aryl methyl sites for hydroxylation is 1. The van der Waals surface area contributed by atoms with Crippen LogP contribution in [-0.4, -0.2) is 25.0 Å². The maximum Gasteiger partial charge on any atom is 0.0412 e. The average molecular weight is 265 g/mol. The van der Waals surface area contributed by atoms with Gasteiger partial charge in [0.05, 0.1) is 0 Å². The van der Waals surface area contributed by atoms with Crippen molar-refractivity contribution in [2.45, 2.75) is 31.7 Å². The van der Waals surface area contributed by atoms with Gasteiger partial charge in [0, 0.05) is 17.6 Å². The first kappa shape index (κ1) is 12.5. The molecule has 0 aromatic heterocycles. The highest BCUT2D eigenvalue weighted by molar-refractivity contribution is 6.30. The van der Waals surface area contributed by atoms with Crippen LogP contribution >= 0.6 is 11.6 Å². The number of nitrogens with zero attached hydrogens (tertiary/aromatic N) is 1. The Kier molecular flexibility index (Phi) is 3.35. The van der Waals surface area contributed by atoms with E-state index in [9.17, 15) is 0 Å². The molecule has 0 saturated carbocycles. The predicted octanol–water partition coefficient (Wildman–Crippen LogP) is 2.78. The molecule has 2 unspecified atom stereocenters. The Bertz CT molecular complexity index is 458. The third-order valence-corrected chi connectivity index (χ3v) is 4.76. The van der Waals surface area contributed by atoms with Crippen molar-refractivity contribution in [3.8, 4) is 0 Å². The molecule has 3 heteroatoms. The van der Waals surface area contributed by atoms with E-state index >= 15 is 0 Å². The largest absolute Gasteiger partial charge is 0.330 e. The molecule has 0 bridgehead atoms. The Labute approximate surface area is 114 Å². The molecule has 1 fully saturated rings. The van der Waals surface area contributed by atoms with Crippen molar-refractivity contribution in [2.24, 2.45) is 11.7 Å². The summed E-state index contributed by atoms with van der Waals surface area (Å²) >= 11 is 6.28. The van der Waals surface area contributed by atoms with Crippen molar-refractivity contribution in [3.63, 3.8) is 0 Å². The van der Waals surface area contributed by atoms with Crippen molar-refractivity contribution < 1.29 is 0 Å². The van der Waals surface area contributed by atoms with E-state index in [1.807, 2.05) is 0 Å². The second kappa shape index (κ2) is 4.84. The van der Waals surface area contributed by atoms with Gasteiger partial charge in [-0.15, -0.1) is 0 Å². The van der Waals surface area contributed by atoms with Gasteiger partial charge in [0.15, 0.2) is 0 Å². The van der Waals surface area contributed by atoms with E-state index < -0.39 is 0 Å². The standard InChI is InChI=1S/C15H21ClN2/c1-18-9-10(8-17)5-15(18)14-7-12(16)6-11-3-2-4-13(11)14/h6-7,10,15H,2-5,8-9,17H2,1H3. The fourth-order valence-corrected chi connectivity index (χ4v) is 3.89. The minimum Gasteiger partial charge on any atom is -0.330 e. The van der Waals surface area contributed by atoms with Crippen LogP contribution in [0.5, 0.6) is 0 Å². The molecular weight excluding hydrogens is 244 g/mol. The molecule has 2 N–H and O–H groups in total. The maximum absolute atomic E-state index is 6.28. The number of hydrogen-bond donors (Lipinski definition) is 1. The highest BCUT2D eigenvalue weighted by atomic mass is 35.5. The molecule has 18 heavy (non-hydrogen) atoms. The molecule has 3 rings (SSSR count). The molecule has 98 valence electrons. The molecule has 0 radical (unpaired) electrons. The zero-order valence-electron chi connectivity index (χ0n) is 11.0. The van der Waals surface area contributed by atoms with Gasteiger partial charge in [-0.1, -0.05) is 11.6 Å². The zero-order chi connectivity index (χ0) is 12.7. The highest BCUT2D eigenvalue weighted by Crippen LogP contribution is 2.40. The lowest BCUT2D eigenvalue weighted by atomic mass is 9.94. The van der Waals surface area contributed by atoms with Crippen LogP contribution in [0.3, 0.4) is 0 Å². The van der Waals surface area contributed by atoms with Crippen molar-refractivity contribution >= 4 is 11.6 Å². The number of nitrogens with two attached hydrogens (primary N) is 1. The summed E-state index contributed by atoms with van der Waals surface area (Å²) in [5.41, 5.74) is 10.3. The molecule has 1 aromatic carbocycles. The number of fused-ring (bicyclic) bond motifs is 1. The van der Waals surface area contributed by atoms with Gasteiger partial charge in [-0.3, -0.25) is 4.90 Å². The second-order valence-corrected chi connectivity index (χ2v) is 6.22. The van der Waals surface area contributed by atoms with Crippen molar-refractivity contribution in [1.29, 1.82) is 0 Å². The van der Waals surface area contributed by atoms with Crippen LogP contribution in [0, 0.1) is 5.92 Å². The summed E-state index contributed by atoms with van der Waals surface area (Å²) < 4.78 is 0. The summed E-state index contributed by atoms with van der Waals surface area (Å²) in [6.07, 6.45) is 4.87. The molecule has 1 aliphatic heterocycles.